The highest BCUT2D eigenvalue weighted by atomic mass is 32.1. The Labute approximate surface area is 105 Å². The van der Waals surface area contributed by atoms with Crippen molar-refractivity contribution < 1.29 is 4.79 Å². The first kappa shape index (κ1) is 10.7. The van der Waals surface area contributed by atoms with Gasteiger partial charge in [-0.15, -0.1) is 11.3 Å². The largest absolute Gasteiger partial charge is 0.295 e. The highest BCUT2D eigenvalue weighted by Gasteiger charge is 2.12. The lowest BCUT2D eigenvalue weighted by Gasteiger charge is -2.06. The SMILES string of the molecule is O=C1C=C(c2cccc3ccsc23)CCCC1. The quantitative estimate of drug-likeness (QED) is 0.723. The second kappa shape index (κ2) is 4.46. The minimum absolute atomic E-state index is 0.283. The lowest BCUT2D eigenvalue weighted by molar-refractivity contribution is -0.114. The predicted molar refractivity (Wildman–Crippen MR) is 73.3 cm³/mol. The molecule has 0 saturated heterocycles. The van der Waals surface area contributed by atoms with Gasteiger partial charge in [0.1, 0.15) is 0 Å². The van der Waals surface area contributed by atoms with Gasteiger partial charge in [0, 0.05) is 11.1 Å². The van der Waals surface area contributed by atoms with Crippen LogP contribution in [0.25, 0.3) is 15.7 Å². The van der Waals surface area contributed by atoms with E-state index in [-0.39, 0.29) is 5.78 Å². The van der Waals surface area contributed by atoms with Crippen molar-refractivity contribution in [3.05, 3.63) is 41.3 Å². The Hall–Kier alpha value is -1.41. The lowest BCUT2D eigenvalue weighted by atomic mass is 10.00. The molecule has 1 aromatic carbocycles. The van der Waals surface area contributed by atoms with Crippen molar-refractivity contribution in [1.29, 1.82) is 0 Å². The van der Waals surface area contributed by atoms with Gasteiger partial charge >= 0.3 is 0 Å². The molecule has 0 fully saturated rings. The number of carbonyl (C=O) groups excluding carboxylic acids is 1. The van der Waals surface area contributed by atoms with E-state index in [1.165, 1.54) is 21.2 Å². The summed E-state index contributed by atoms with van der Waals surface area (Å²) in [6, 6.07) is 8.50. The number of hydrogen-bond acceptors (Lipinski definition) is 2. The fraction of sp³-hybridized carbons (Fsp3) is 0.267. The van der Waals surface area contributed by atoms with Crippen molar-refractivity contribution in [1.82, 2.24) is 0 Å². The molecule has 2 heteroatoms. The van der Waals surface area contributed by atoms with Crippen molar-refractivity contribution in [2.75, 3.05) is 0 Å². The van der Waals surface area contributed by atoms with Crippen molar-refractivity contribution in [2.24, 2.45) is 0 Å². The van der Waals surface area contributed by atoms with Gasteiger partial charge in [-0.3, -0.25) is 4.79 Å². The Morgan fingerprint density at radius 1 is 1.06 bits per heavy atom. The smallest absolute Gasteiger partial charge is 0.155 e. The summed E-state index contributed by atoms with van der Waals surface area (Å²) in [7, 11) is 0. The molecule has 1 aliphatic carbocycles. The maximum Gasteiger partial charge on any atom is 0.155 e. The molecule has 0 N–H and O–H groups in total. The summed E-state index contributed by atoms with van der Waals surface area (Å²) in [6.45, 7) is 0. The molecule has 1 aliphatic rings. The highest BCUT2D eigenvalue weighted by molar-refractivity contribution is 7.17. The van der Waals surface area contributed by atoms with E-state index in [1.54, 1.807) is 11.3 Å². The maximum absolute atomic E-state index is 11.7. The monoisotopic (exact) mass is 242 g/mol. The Morgan fingerprint density at radius 3 is 2.88 bits per heavy atom. The van der Waals surface area contributed by atoms with E-state index in [1.807, 2.05) is 6.08 Å². The van der Waals surface area contributed by atoms with Crippen molar-refractivity contribution in [2.45, 2.75) is 25.7 Å². The highest BCUT2D eigenvalue weighted by Crippen LogP contribution is 2.33. The molecule has 0 bridgehead atoms. The van der Waals surface area contributed by atoms with Crippen molar-refractivity contribution in [3.63, 3.8) is 0 Å². The minimum Gasteiger partial charge on any atom is -0.295 e. The maximum atomic E-state index is 11.7. The van der Waals surface area contributed by atoms with Crippen molar-refractivity contribution >= 4 is 32.8 Å². The molecule has 1 nitrogen and oxygen atoms in total. The van der Waals surface area contributed by atoms with Gasteiger partial charge in [0.05, 0.1) is 0 Å². The number of benzene rings is 1. The molecule has 0 amide bonds. The first-order valence-corrected chi connectivity index (χ1v) is 6.92. The van der Waals surface area contributed by atoms with E-state index in [2.05, 4.69) is 29.6 Å². The van der Waals surface area contributed by atoms with Gasteiger partial charge in [-0.1, -0.05) is 18.2 Å². The second-order valence-corrected chi connectivity index (χ2v) is 5.40. The number of rotatable bonds is 1. The molecule has 1 aromatic heterocycles. The van der Waals surface area contributed by atoms with Gasteiger partial charge in [-0.2, -0.15) is 0 Å². The molecule has 1 heterocycles. The molecule has 2 aromatic rings. The molecule has 0 unspecified atom stereocenters. The molecule has 0 atom stereocenters. The zero-order chi connectivity index (χ0) is 11.7. The third-order valence-corrected chi connectivity index (χ3v) is 4.24. The Morgan fingerprint density at radius 2 is 1.94 bits per heavy atom. The minimum atomic E-state index is 0.283. The van der Waals surface area contributed by atoms with Gasteiger partial charge < -0.3 is 0 Å². The molecule has 0 saturated carbocycles. The van der Waals surface area contributed by atoms with E-state index in [0.29, 0.717) is 6.42 Å². The zero-order valence-electron chi connectivity index (χ0n) is 9.61. The molecule has 17 heavy (non-hydrogen) atoms. The average Bonchev–Trinajstić information content (AvgIpc) is 2.71. The van der Waals surface area contributed by atoms with Gasteiger partial charge in [0.2, 0.25) is 0 Å². The van der Waals surface area contributed by atoms with Crippen LogP contribution in [0, 0.1) is 0 Å². The van der Waals surface area contributed by atoms with Crippen LogP contribution in [0.5, 0.6) is 0 Å². The Kier molecular flexibility index (Phi) is 2.81. The number of allylic oxidation sites excluding steroid dienone is 2. The lowest BCUT2D eigenvalue weighted by Crippen LogP contribution is -1.90. The molecule has 3 rings (SSSR count). The van der Waals surface area contributed by atoms with Gasteiger partial charge in [0.15, 0.2) is 5.78 Å². The van der Waals surface area contributed by atoms with Crippen LogP contribution in [0.3, 0.4) is 0 Å². The summed E-state index contributed by atoms with van der Waals surface area (Å²) in [5.41, 5.74) is 2.48. The predicted octanol–water partition coefficient (Wildman–Crippen LogP) is 4.43. The molecule has 0 aliphatic heterocycles. The third-order valence-electron chi connectivity index (χ3n) is 3.28. The van der Waals surface area contributed by atoms with Crippen LogP contribution >= 0.6 is 11.3 Å². The fourth-order valence-corrected chi connectivity index (χ4v) is 3.36. The van der Waals surface area contributed by atoms with Crippen LogP contribution in [0.15, 0.2) is 35.7 Å². The Bertz CT molecular complexity index is 592. The van der Waals surface area contributed by atoms with Gasteiger partial charge in [-0.05, 0) is 53.3 Å². The van der Waals surface area contributed by atoms with Crippen LogP contribution in [0.4, 0.5) is 0 Å². The van der Waals surface area contributed by atoms with E-state index in [0.717, 1.165) is 19.3 Å². The summed E-state index contributed by atoms with van der Waals surface area (Å²) in [5.74, 6) is 0.283. The zero-order valence-corrected chi connectivity index (χ0v) is 10.4. The van der Waals surface area contributed by atoms with Crippen molar-refractivity contribution in [3.8, 4) is 0 Å². The number of thiophene rings is 1. The number of carbonyl (C=O) groups is 1. The van der Waals surface area contributed by atoms with Crippen LogP contribution in [0.2, 0.25) is 0 Å². The van der Waals surface area contributed by atoms with Crippen LogP contribution in [-0.4, -0.2) is 5.78 Å². The van der Waals surface area contributed by atoms with E-state index in [4.69, 9.17) is 0 Å². The summed E-state index contributed by atoms with van der Waals surface area (Å²) >= 11 is 1.76. The number of hydrogen-bond donors (Lipinski definition) is 0. The summed E-state index contributed by atoms with van der Waals surface area (Å²) in [5, 5.41) is 3.40. The van der Waals surface area contributed by atoms with Gasteiger partial charge in [-0.25, -0.2) is 0 Å². The molecule has 0 radical (unpaired) electrons. The standard InChI is InChI=1S/C15H14OS/c16-13-6-2-1-4-12(10-13)14-7-3-5-11-8-9-17-15(11)14/h3,5,7-10H,1-2,4,6H2. The third kappa shape index (κ3) is 2.05. The summed E-state index contributed by atoms with van der Waals surface area (Å²) < 4.78 is 1.31. The van der Waals surface area contributed by atoms with Crippen LogP contribution in [-0.2, 0) is 4.79 Å². The summed E-state index contributed by atoms with van der Waals surface area (Å²) in [6.07, 6.45) is 5.76. The number of ketones is 1. The Balaban J connectivity index is 2.13. The van der Waals surface area contributed by atoms with Gasteiger partial charge in [0.25, 0.3) is 0 Å². The average molecular weight is 242 g/mol. The van der Waals surface area contributed by atoms with Crippen LogP contribution < -0.4 is 0 Å². The molecular formula is C15H14OS. The number of fused-ring (bicyclic) bond motifs is 1. The van der Waals surface area contributed by atoms with Crippen LogP contribution in [0.1, 0.15) is 31.2 Å². The normalized spacial score (nSPS) is 16.9. The first-order chi connectivity index (χ1) is 8.34. The molecular weight excluding hydrogens is 228 g/mol. The second-order valence-electron chi connectivity index (χ2n) is 4.49. The van der Waals surface area contributed by atoms with E-state index < -0.39 is 0 Å². The summed E-state index contributed by atoms with van der Waals surface area (Å²) in [4.78, 5) is 11.7. The fourth-order valence-electron chi connectivity index (χ4n) is 2.41. The molecule has 86 valence electrons. The van der Waals surface area contributed by atoms with E-state index >= 15 is 0 Å². The topological polar surface area (TPSA) is 17.1 Å². The first-order valence-electron chi connectivity index (χ1n) is 6.04. The molecule has 0 spiro atoms. The van der Waals surface area contributed by atoms with E-state index in [9.17, 15) is 4.79 Å².